The Kier molecular flexibility index (Phi) is 4.51. The fourth-order valence-electron chi connectivity index (χ4n) is 2.02. The van der Waals surface area contributed by atoms with Gasteiger partial charge in [-0.2, -0.15) is 0 Å². The predicted molar refractivity (Wildman–Crippen MR) is 64.6 cm³/mol. The zero-order valence-electron chi connectivity index (χ0n) is 10.7. The van der Waals surface area contributed by atoms with Crippen molar-refractivity contribution in [3.8, 4) is 0 Å². The van der Waals surface area contributed by atoms with Crippen LogP contribution in [0.25, 0.3) is 0 Å². The molecule has 0 saturated carbocycles. The first-order valence-corrected chi connectivity index (χ1v) is 6.03. The van der Waals surface area contributed by atoms with E-state index in [9.17, 15) is 9.59 Å². The summed E-state index contributed by atoms with van der Waals surface area (Å²) in [5, 5.41) is 14.9. The molecule has 2 unspecified atom stereocenters. The smallest absolute Gasteiger partial charge is 0.326 e. The van der Waals surface area contributed by atoms with E-state index in [0.717, 1.165) is 19.5 Å². The van der Waals surface area contributed by atoms with Crippen molar-refractivity contribution < 1.29 is 14.7 Å². The van der Waals surface area contributed by atoms with E-state index < -0.39 is 17.4 Å². The second kappa shape index (κ2) is 5.49. The maximum absolute atomic E-state index is 11.8. The van der Waals surface area contributed by atoms with E-state index in [1.165, 1.54) is 0 Å². The lowest BCUT2D eigenvalue weighted by molar-refractivity contribution is -0.145. The number of amides is 1. The van der Waals surface area contributed by atoms with E-state index in [4.69, 9.17) is 5.11 Å². The summed E-state index contributed by atoms with van der Waals surface area (Å²) in [7, 11) is 0. The van der Waals surface area contributed by atoms with E-state index in [-0.39, 0.29) is 5.91 Å². The Morgan fingerprint density at radius 2 is 2.12 bits per heavy atom. The molecule has 1 rings (SSSR count). The number of aliphatic carboxylic acids is 1. The minimum atomic E-state index is -0.976. The number of nitrogens with one attached hydrogen (secondary N) is 2. The Balaban J connectivity index is 2.49. The molecule has 0 radical (unpaired) electrons. The molecule has 0 aromatic heterocycles. The number of carboxylic acid groups (broad SMARTS) is 1. The van der Waals surface area contributed by atoms with Gasteiger partial charge in [0.1, 0.15) is 6.04 Å². The molecule has 1 aliphatic rings. The first-order chi connectivity index (χ1) is 7.80. The zero-order chi connectivity index (χ0) is 13.1. The van der Waals surface area contributed by atoms with Crippen LogP contribution in [-0.2, 0) is 9.59 Å². The van der Waals surface area contributed by atoms with Crippen molar-refractivity contribution >= 4 is 11.9 Å². The van der Waals surface area contributed by atoms with Gasteiger partial charge in [0.05, 0.1) is 0 Å². The van der Waals surface area contributed by atoms with Crippen LogP contribution < -0.4 is 10.6 Å². The Bertz CT molecular complexity index is 291. The zero-order valence-corrected chi connectivity index (χ0v) is 10.7. The molecule has 0 aliphatic carbocycles. The van der Waals surface area contributed by atoms with Crippen LogP contribution in [0.5, 0.6) is 0 Å². The number of carboxylic acids is 1. The highest BCUT2D eigenvalue weighted by Crippen LogP contribution is 2.20. The maximum atomic E-state index is 11.8. The number of carbonyl (C=O) groups excluding carboxylic acids is 1. The molecule has 1 aliphatic heterocycles. The molecule has 5 heteroatoms. The van der Waals surface area contributed by atoms with Crippen LogP contribution in [0.2, 0.25) is 0 Å². The Morgan fingerprint density at radius 1 is 1.47 bits per heavy atom. The summed E-state index contributed by atoms with van der Waals surface area (Å²) in [6.45, 7) is 7.22. The predicted octanol–water partition coefficient (Wildman–Crippen LogP) is 0.602. The lowest BCUT2D eigenvalue weighted by Crippen LogP contribution is -2.49. The average Bonchev–Trinajstić information content (AvgIpc) is 2.64. The maximum Gasteiger partial charge on any atom is 0.326 e. The van der Waals surface area contributed by atoms with Gasteiger partial charge in [0.2, 0.25) is 5.91 Å². The van der Waals surface area contributed by atoms with Crippen molar-refractivity contribution in [2.75, 3.05) is 13.1 Å². The third kappa shape index (κ3) is 4.34. The molecule has 1 saturated heterocycles. The van der Waals surface area contributed by atoms with Gasteiger partial charge in [-0.15, -0.1) is 0 Å². The fourth-order valence-corrected chi connectivity index (χ4v) is 2.02. The molecular formula is C12H22N2O3. The van der Waals surface area contributed by atoms with E-state index in [1.807, 2.05) is 20.8 Å². The second-order valence-electron chi connectivity index (χ2n) is 5.77. The highest BCUT2D eigenvalue weighted by atomic mass is 16.4. The van der Waals surface area contributed by atoms with Crippen LogP contribution in [0.15, 0.2) is 0 Å². The van der Waals surface area contributed by atoms with Crippen molar-refractivity contribution in [2.24, 2.45) is 11.3 Å². The summed E-state index contributed by atoms with van der Waals surface area (Å²) >= 11 is 0. The van der Waals surface area contributed by atoms with Crippen LogP contribution in [0.3, 0.4) is 0 Å². The van der Waals surface area contributed by atoms with Gasteiger partial charge in [0.25, 0.3) is 0 Å². The van der Waals surface area contributed by atoms with E-state index in [0.29, 0.717) is 12.3 Å². The van der Waals surface area contributed by atoms with Crippen LogP contribution in [-0.4, -0.2) is 36.1 Å². The van der Waals surface area contributed by atoms with Gasteiger partial charge in [0, 0.05) is 6.42 Å². The fraction of sp³-hybridized carbons (Fsp3) is 0.833. The van der Waals surface area contributed by atoms with Gasteiger partial charge in [-0.25, -0.2) is 4.79 Å². The topological polar surface area (TPSA) is 78.4 Å². The number of hydrogen-bond acceptors (Lipinski definition) is 3. The largest absolute Gasteiger partial charge is 0.480 e. The van der Waals surface area contributed by atoms with E-state index >= 15 is 0 Å². The molecule has 1 fully saturated rings. The summed E-state index contributed by atoms with van der Waals surface area (Å²) in [4.78, 5) is 22.9. The van der Waals surface area contributed by atoms with Crippen molar-refractivity contribution in [1.29, 1.82) is 0 Å². The monoisotopic (exact) mass is 242 g/mol. The third-order valence-electron chi connectivity index (χ3n) is 3.05. The van der Waals surface area contributed by atoms with Gasteiger partial charge >= 0.3 is 5.97 Å². The Morgan fingerprint density at radius 3 is 2.53 bits per heavy atom. The molecule has 0 aromatic rings. The molecule has 1 heterocycles. The molecule has 3 N–H and O–H groups in total. The molecule has 1 amide bonds. The minimum Gasteiger partial charge on any atom is -0.480 e. The number of rotatable bonds is 4. The summed E-state index contributed by atoms with van der Waals surface area (Å²) < 4.78 is 0. The highest BCUT2D eigenvalue weighted by Gasteiger charge is 2.33. The SMILES string of the molecule is CC(C)(C)C(NC(=O)CC1CCNC1)C(=O)O. The van der Waals surface area contributed by atoms with E-state index in [2.05, 4.69) is 10.6 Å². The van der Waals surface area contributed by atoms with Crippen molar-refractivity contribution in [1.82, 2.24) is 10.6 Å². The van der Waals surface area contributed by atoms with E-state index in [1.54, 1.807) is 0 Å². The molecule has 0 aromatic carbocycles. The van der Waals surface area contributed by atoms with Crippen molar-refractivity contribution in [3.05, 3.63) is 0 Å². The molecule has 98 valence electrons. The summed E-state index contributed by atoms with van der Waals surface area (Å²) in [6.07, 6.45) is 1.40. The average molecular weight is 242 g/mol. The van der Waals surface area contributed by atoms with Gasteiger partial charge < -0.3 is 15.7 Å². The third-order valence-corrected chi connectivity index (χ3v) is 3.05. The molecule has 5 nitrogen and oxygen atoms in total. The van der Waals surface area contributed by atoms with Gasteiger partial charge in [-0.1, -0.05) is 20.8 Å². The lowest BCUT2D eigenvalue weighted by Gasteiger charge is -2.28. The highest BCUT2D eigenvalue weighted by molar-refractivity contribution is 5.84. The van der Waals surface area contributed by atoms with Crippen molar-refractivity contribution in [2.45, 2.75) is 39.7 Å². The van der Waals surface area contributed by atoms with Crippen molar-refractivity contribution in [3.63, 3.8) is 0 Å². The molecule has 17 heavy (non-hydrogen) atoms. The van der Waals surface area contributed by atoms with Gasteiger partial charge in [0.15, 0.2) is 0 Å². The summed E-state index contributed by atoms with van der Waals surface area (Å²) in [5.41, 5.74) is -0.477. The minimum absolute atomic E-state index is 0.166. The van der Waals surface area contributed by atoms with Crippen LogP contribution in [0.4, 0.5) is 0 Å². The molecule has 2 atom stereocenters. The summed E-state index contributed by atoms with van der Waals surface area (Å²) in [5.74, 6) is -0.805. The first kappa shape index (κ1) is 14.0. The second-order valence-corrected chi connectivity index (χ2v) is 5.77. The van der Waals surface area contributed by atoms with Gasteiger partial charge in [-0.3, -0.25) is 4.79 Å². The standard InChI is InChI=1S/C12H22N2O3/c1-12(2,3)10(11(16)17)14-9(15)6-8-4-5-13-7-8/h8,10,13H,4-7H2,1-3H3,(H,14,15)(H,16,17). The van der Waals surface area contributed by atoms with Crippen LogP contribution in [0, 0.1) is 11.3 Å². The van der Waals surface area contributed by atoms with Gasteiger partial charge in [-0.05, 0) is 30.8 Å². The molecule has 0 bridgehead atoms. The summed E-state index contributed by atoms with van der Waals surface area (Å²) in [6, 6.07) is -0.829. The lowest BCUT2D eigenvalue weighted by atomic mass is 9.86. The molecule has 0 spiro atoms. The number of carbonyl (C=O) groups is 2. The van der Waals surface area contributed by atoms with Crippen LogP contribution in [0.1, 0.15) is 33.6 Å². The van der Waals surface area contributed by atoms with Crippen LogP contribution >= 0.6 is 0 Å². The first-order valence-electron chi connectivity index (χ1n) is 6.03. The Hall–Kier alpha value is -1.10. The quantitative estimate of drug-likeness (QED) is 0.674. The Labute approximate surface area is 102 Å². The normalized spacial score (nSPS) is 22.2. The molecular weight excluding hydrogens is 220 g/mol. The number of hydrogen-bond donors (Lipinski definition) is 3.